The molecular formula is C11H16BrN3O2S. The molecule has 1 amide bonds. The van der Waals surface area contributed by atoms with Crippen LogP contribution in [0.25, 0.3) is 0 Å². The zero-order valence-electron chi connectivity index (χ0n) is 10.2. The highest BCUT2D eigenvalue weighted by molar-refractivity contribution is 9.10. The van der Waals surface area contributed by atoms with Crippen molar-refractivity contribution in [2.24, 2.45) is 16.3 Å². The first-order chi connectivity index (χ1) is 8.45. The molecule has 1 atom stereocenters. The largest absolute Gasteiger partial charge is 0.409 e. The Morgan fingerprint density at radius 1 is 1.72 bits per heavy atom. The maximum atomic E-state index is 12.1. The average Bonchev–Trinajstić information content (AvgIpc) is 2.79. The Labute approximate surface area is 118 Å². The van der Waals surface area contributed by atoms with Crippen molar-refractivity contribution in [2.75, 3.05) is 0 Å². The Morgan fingerprint density at radius 2 is 2.39 bits per heavy atom. The number of thiophene rings is 1. The molecule has 1 heterocycles. The van der Waals surface area contributed by atoms with E-state index in [9.17, 15) is 4.79 Å². The summed E-state index contributed by atoms with van der Waals surface area (Å²) in [4.78, 5) is 13.1. The first-order valence-electron chi connectivity index (χ1n) is 5.43. The predicted octanol–water partition coefficient (Wildman–Crippen LogP) is 2.29. The summed E-state index contributed by atoms with van der Waals surface area (Å²) >= 11 is 4.95. The molecule has 1 rings (SSSR count). The van der Waals surface area contributed by atoms with E-state index in [1.807, 2.05) is 18.4 Å². The van der Waals surface area contributed by atoms with E-state index in [0.29, 0.717) is 13.0 Å². The van der Waals surface area contributed by atoms with Gasteiger partial charge in [0.1, 0.15) is 5.41 Å². The second-order valence-corrected chi connectivity index (χ2v) is 5.90. The lowest BCUT2D eigenvalue weighted by Gasteiger charge is -2.25. The molecule has 0 fully saturated rings. The molecule has 1 aromatic rings. The standard InChI is InChI=1S/C11H16BrN3O2S/c1-3-11(2,9(13)15-17)10(16)14-6-8-7(12)4-5-18-8/h4-5,17H,3,6H2,1-2H3,(H2,13,15)(H,14,16). The van der Waals surface area contributed by atoms with Crippen molar-refractivity contribution in [3.8, 4) is 0 Å². The van der Waals surface area contributed by atoms with Crippen LogP contribution in [0.5, 0.6) is 0 Å². The second kappa shape index (κ2) is 6.19. The van der Waals surface area contributed by atoms with E-state index in [-0.39, 0.29) is 11.7 Å². The minimum atomic E-state index is -0.988. The number of nitrogens with one attached hydrogen (secondary N) is 1. The van der Waals surface area contributed by atoms with Crippen molar-refractivity contribution >= 4 is 39.0 Å². The molecule has 0 radical (unpaired) electrons. The Hall–Kier alpha value is -1.08. The minimum Gasteiger partial charge on any atom is -0.409 e. The van der Waals surface area contributed by atoms with Crippen LogP contribution in [0.4, 0.5) is 0 Å². The molecule has 7 heteroatoms. The summed E-state index contributed by atoms with van der Waals surface area (Å²) in [5.74, 6) is -0.326. The van der Waals surface area contributed by atoms with Gasteiger partial charge in [0, 0.05) is 9.35 Å². The first-order valence-corrected chi connectivity index (χ1v) is 7.11. The van der Waals surface area contributed by atoms with Gasteiger partial charge in [0.25, 0.3) is 0 Å². The summed E-state index contributed by atoms with van der Waals surface area (Å²) < 4.78 is 0.967. The number of nitrogens with zero attached hydrogens (tertiary/aromatic N) is 1. The SMILES string of the molecule is CCC(C)(C(=O)NCc1sccc1Br)/C(N)=N/O. The van der Waals surface area contributed by atoms with Crippen molar-refractivity contribution in [3.63, 3.8) is 0 Å². The summed E-state index contributed by atoms with van der Waals surface area (Å²) in [5, 5.41) is 16.4. The Kier molecular flexibility index (Phi) is 5.15. The van der Waals surface area contributed by atoms with Gasteiger partial charge in [-0.3, -0.25) is 4.79 Å². The number of hydrogen-bond donors (Lipinski definition) is 3. The summed E-state index contributed by atoms with van der Waals surface area (Å²) in [5.41, 5.74) is 4.59. The quantitative estimate of drug-likeness (QED) is 0.334. The molecule has 0 bridgehead atoms. The summed E-state index contributed by atoms with van der Waals surface area (Å²) in [6.07, 6.45) is 0.459. The maximum absolute atomic E-state index is 12.1. The predicted molar refractivity (Wildman–Crippen MR) is 75.7 cm³/mol. The van der Waals surface area contributed by atoms with Crippen LogP contribution >= 0.6 is 27.3 Å². The molecule has 0 aromatic carbocycles. The van der Waals surface area contributed by atoms with E-state index in [2.05, 4.69) is 26.4 Å². The van der Waals surface area contributed by atoms with Gasteiger partial charge >= 0.3 is 0 Å². The fourth-order valence-electron chi connectivity index (χ4n) is 1.38. The van der Waals surface area contributed by atoms with Gasteiger partial charge in [-0.05, 0) is 40.7 Å². The molecule has 4 N–H and O–H groups in total. The van der Waals surface area contributed by atoms with Crippen LogP contribution in [0.2, 0.25) is 0 Å². The number of nitrogens with two attached hydrogens (primary N) is 1. The molecule has 1 unspecified atom stereocenters. The Morgan fingerprint density at radius 3 is 2.83 bits per heavy atom. The van der Waals surface area contributed by atoms with E-state index in [4.69, 9.17) is 10.9 Å². The van der Waals surface area contributed by atoms with Gasteiger partial charge in [0.15, 0.2) is 5.84 Å². The number of amidine groups is 1. The number of amides is 1. The Bertz CT molecular complexity index is 461. The number of carbonyl (C=O) groups is 1. The second-order valence-electron chi connectivity index (χ2n) is 4.05. The van der Waals surface area contributed by atoms with E-state index in [0.717, 1.165) is 9.35 Å². The van der Waals surface area contributed by atoms with Crippen LogP contribution in [0.15, 0.2) is 21.1 Å². The highest BCUT2D eigenvalue weighted by atomic mass is 79.9. The molecule has 5 nitrogen and oxygen atoms in total. The van der Waals surface area contributed by atoms with Crippen molar-refractivity contribution in [2.45, 2.75) is 26.8 Å². The third kappa shape index (κ3) is 3.02. The highest BCUT2D eigenvalue weighted by Gasteiger charge is 2.36. The third-order valence-electron chi connectivity index (χ3n) is 2.98. The molecule has 18 heavy (non-hydrogen) atoms. The van der Waals surface area contributed by atoms with E-state index in [1.54, 1.807) is 18.3 Å². The zero-order chi connectivity index (χ0) is 13.8. The number of halogens is 1. The molecule has 0 aliphatic carbocycles. The van der Waals surface area contributed by atoms with Crippen molar-refractivity contribution in [3.05, 3.63) is 20.8 Å². The van der Waals surface area contributed by atoms with Crippen molar-refractivity contribution in [1.29, 1.82) is 0 Å². The maximum Gasteiger partial charge on any atom is 0.233 e. The summed E-state index contributed by atoms with van der Waals surface area (Å²) in [6, 6.07) is 1.93. The van der Waals surface area contributed by atoms with Crippen molar-refractivity contribution in [1.82, 2.24) is 5.32 Å². The van der Waals surface area contributed by atoms with Crippen LogP contribution in [0, 0.1) is 5.41 Å². The van der Waals surface area contributed by atoms with Crippen LogP contribution in [0.1, 0.15) is 25.1 Å². The van der Waals surface area contributed by atoms with Crippen molar-refractivity contribution < 1.29 is 10.0 Å². The lowest BCUT2D eigenvalue weighted by molar-refractivity contribution is -0.127. The van der Waals surface area contributed by atoms with Gasteiger partial charge in [-0.25, -0.2) is 0 Å². The molecule has 1 aromatic heterocycles. The van der Waals surface area contributed by atoms with Crippen LogP contribution < -0.4 is 11.1 Å². The highest BCUT2D eigenvalue weighted by Crippen LogP contribution is 2.24. The molecule has 0 saturated heterocycles. The lowest BCUT2D eigenvalue weighted by atomic mass is 9.85. The molecule has 100 valence electrons. The molecule has 0 aliphatic rings. The monoisotopic (exact) mass is 333 g/mol. The van der Waals surface area contributed by atoms with Gasteiger partial charge in [-0.15, -0.1) is 11.3 Å². The van der Waals surface area contributed by atoms with Crippen LogP contribution in [-0.4, -0.2) is 17.0 Å². The topological polar surface area (TPSA) is 87.7 Å². The number of carbonyl (C=O) groups excluding carboxylic acids is 1. The first kappa shape index (κ1) is 15.0. The summed E-state index contributed by atoms with van der Waals surface area (Å²) in [6.45, 7) is 3.89. The average molecular weight is 334 g/mol. The molecule has 0 saturated carbocycles. The van der Waals surface area contributed by atoms with E-state index < -0.39 is 5.41 Å². The van der Waals surface area contributed by atoms with Crippen LogP contribution in [-0.2, 0) is 11.3 Å². The number of oxime groups is 1. The number of rotatable bonds is 5. The minimum absolute atomic E-state index is 0.0762. The lowest BCUT2D eigenvalue weighted by Crippen LogP contribution is -2.47. The van der Waals surface area contributed by atoms with E-state index >= 15 is 0 Å². The Balaban J connectivity index is 2.73. The zero-order valence-corrected chi connectivity index (χ0v) is 12.6. The molecule has 0 aliphatic heterocycles. The molecule has 0 spiro atoms. The van der Waals surface area contributed by atoms with Crippen LogP contribution in [0.3, 0.4) is 0 Å². The van der Waals surface area contributed by atoms with E-state index in [1.165, 1.54) is 0 Å². The molecular weight excluding hydrogens is 318 g/mol. The van der Waals surface area contributed by atoms with Gasteiger partial charge in [-0.2, -0.15) is 0 Å². The number of hydrogen-bond acceptors (Lipinski definition) is 4. The third-order valence-corrected chi connectivity index (χ3v) is 4.91. The van der Waals surface area contributed by atoms with Gasteiger partial charge < -0.3 is 16.3 Å². The smallest absolute Gasteiger partial charge is 0.233 e. The fourth-order valence-corrected chi connectivity index (χ4v) is 2.81. The van der Waals surface area contributed by atoms with Gasteiger partial charge in [0.05, 0.1) is 6.54 Å². The summed E-state index contributed by atoms with van der Waals surface area (Å²) in [7, 11) is 0. The normalized spacial score (nSPS) is 15.2. The fraction of sp³-hybridized carbons (Fsp3) is 0.455. The van der Waals surface area contributed by atoms with Gasteiger partial charge in [-0.1, -0.05) is 12.1 Å². The van der Waals surface area contributed by atoms with Gasteiger partial charge in [0.2, 0.25) is 5.91 Å².